The first-order chi connectivity index (χ1) is 9.24. The van der Waals surface area contributed by atoms with Gasteiger partial charge in [-0.25, -0.2) is 4.98 Å². The summed E-state index contributed by atoms with van der Waals surface area (Å²) in [5.74, 6) is 1.09. The zero-order chi connectivity index (χ0) is 13.7. The largest absolute Gasteiger partial charge is 0.375 e. The van der Waals surface area contributed by atoms with E-state index in [4.69, 9.17) is 4.74 Å². The third-order valence-corrected chi connectivity index (χ3v) is 3.80. The molecule has 1 aromatic rings. The van der Waals surface area contributed by atoms with E-state index in [1.165, 1.54) is 5.56 Å². The van der Waals surface area contributed by atoms with Crippen LogP contribution in [-0.4, -0.2) is 37.3 Å². The van der Waals surface area contributed by atoms with Crippen molar-refractivity contribution >= 4 is 21.7 Å². The SMILES string of the molecule is CCNCc1cc(Br)cnc1N1CCOC(CC)C1. The highest BCUT2D eigenvalue weighted by Gasteiger charge is 2.22. The Morgan fingerprint density at radius 3 is 3.11 bits per heavy atom. The monoisotopic (exact) mass is 327 g/mol. The highest BCUT2D eigenvalue weighted by atomic mass is 79.9. The van der Waals surface area contributed by atoms with Crippen LogP contribution in [0.25, 0.3) is 0 Å². The van der Waals surface area contributed by atoms with E-state index in [9.17, 15) is 0 Å². The predicted molar refractivity (Wildman–Crippen MR) is 81.6 cm³/mol. The molecule has 1 unspecified atom stereocenters. The van der Waals surface area contributed by atoms with Gasteiger partial charge in [-0.05, 0) is 35.0 Å². The second-order valence-corrected chi connectivity index (χ2v) is 5.68. The highest BCUT2D eigenvalue weighted by molar-refractivity contribution is 9.10. The van der Waals surface area contributed by atoms with Crippen molar-refractivity contribution < 1.29 is 4.74 Å². The molecule has 1 aromatic heterocycles. The first kappa shape index (κ1) is 14.8. The molecule has 2 heterocycles. The molecule has 5 heteroatoms. The first-order valence-electron chi connectivity index (χ1n) is 6.96. The summed E-state index contributed by atoms with van der Waals surface area (Å²) in [4.78, 5) is 6.95. The number of aromatic nitrogens is 1. The fraction of sp³-hybridized carbons (Fsp3) is 0.643. The third kappa shape index (κ3) is 3.91. The molecule has 1 atom stereocenters. The lowest BCUT2D eigenvalue weighted by Crippen LogP contribution is -2.43. The molecule has 0 aromatic carbocycles. The molecule has 1 aliphatic heterocycles. The summed E-state index contributed by atoms with van der Waals surface area (Å²) in [7, 11) is 0. The molecular weight excluding hydrogens is 306 g/mol. The Labute approximate surface area is 123 Å². The number of rotatable bonds is 5. The Hall–Kier alpha value is -0.650. The van der Waals surface area contributed by atoms with Gasteiger partial charge in [0.05, 0.1) is 12.7 Å². The van der Waals surface area contributed by atoms with Gasteiger partial charge in [0.15, 0.2) is 0 Å². The third-order valence-electron chi connectivity index (χ3n) is 3.37. The van der Waals surface area contributed by atoms with E-state index < -0.39 is 0 Å². The fourth-order valence-electron chi connectivity index (χ4n) is 2.31. The average molecular weight is 328 g/mol. The van der Waals surface area contributed by atoms with E-state index in [2.05, 4.69) is 51.0 Å². The first-order valence-corrected chi connectivity index (χ1v) is 7.75. The van der Waals surface area contributed by atoms with E-state index in [1.807, 2.05) is 6.20 Å². The van der Waals surface area contributed by atoms with E-state index >= 15 is 0 Å². The molecule has 1 saturated heterocycles. The minimum atomic E-state index is 0.325. The molecule has 19 heavy (non-hydrogen) atoms. The molecule has 4 nitrogen and oxygen atoms in total. The van der Waals surface area contributed by atoms with Crippen molar-refractivity contribution in [3.05, 3.63) is 22.3 Å². The van der Waals surface area contributed by atoms with E-state index in [-0.39, 0.29) is 0 Å². The topological polar surface area (TPSA) is 37.4 Å². The Morgan fingerprint density at radius 1 is 1.53 bits per heavy atom. The van der Waals surface area contributed by atoms with Crippen LogP contribution < -0.4 is 10.2 Å². The molecular formula is C14H22BrN3O. The van der Waals surface area contributed by atoms with Crippen LogP contribution in [0, 0.1) is 0 Å². The Morgan fingerprint density at radius 2 is 2.37 bits per heavy atom. The standard InChI is InChI=1S/C14H22BrN3O/c1-3-13-10-18(5-6-19-13)14-11(8-16-4-2)7-12(15)9-17-14/h7,9,13,16H,3-6,8,10H2,1-2H3. The lowest BCUT2D eigenvalue weighted by molar-refractivity contribution is 0.0381. The summed E-state index contributed by atoms with van der Waals surface area (Å²) in [6, 6.07) is 2.15. The fourth-order valence-corrected chi connectivity index (χ4v) is 2.69. The molecule has 1 fully saturated rings. The molecule has 106 valence electrons. The van der Waals surface area contributed by atoms with E-state index in [0.29, 0.717) is 6.10 Å². The van der Waals surface area contributed by atoms with Gasteiger partial charge in [0.1, 0.15) is 5.82 Å². The predicted octanol–water partition coefficient (Wildman–Crippen LogP) is 2.57. The lowest BCUT2D eigenvalue weighted by Gasteiger charge is -2.34. The van der Waals surface area contributed by atoms with Gasteiger partial charge in [0, 0.05) is 35.9 Å². The molecule has 0 aliphatic carbocycles. The number of nitrogens with zero attached hydrogens (tertiary/aromatic N) is 2. The zero-order valence-corrected chi connectivity index (χ0v) is 13.2. The van der Waals surface area contributed by atoms with Crippen molar-refractivity contribution in [2.24, 2.45) is 0 Å². The number of hydrogen-bond acceptors (Lipinski definition) is 4. The van der Waals surface area contributed by atoms with Crippen molar-refractivity contribution in [2.75, 3.05) is 31.1 Å². The van der Waals surface area contributed by atoms with Crippen LogP contribution in [0.2, 0.25) is 0 Å². The van der Waals surface area contributed by atoms with Crippen LogP contribution in [0.1, 0.15) is 25.8 Å². The van der Waals surface area contributed by atoms with Crippen LogP contribution in [-0.2, 0) is 11.3 Å². The van der Waals surface area contributed by atoms with Gasteiger partial charge in [-0.2, -0.15) is 0 Å². The Balaban J connectivity index is 2.17. The van der Waals surface area contributed by atoms with Gasteiger partial charge in [0.25, 0.3) is 0 Å². The molecule has 2 rings (SSSR count). The quantitative estimate of drug-likeness (QED) is 0.901. The van der Waals surface area contributed by atoms with E-state index in [1.54, 1.807) is 0 Å². The second-order valence-electron chi connectivity index (χ2n) is 4.76. The summed E-state index contributed by atoms with van der Waals surface area (Å²) in [5.41, 5.74) is 1.24. The molecule has 0 spiro atoms. The molecule has 0 saturated carbocycles. The van der Waals surface area contributed by atoms with Crippen molar-refractivity contribution in [1.82, 2.24) is 10.3 Å². The van der Waals surface area contributed by atoms with Crippen LogP contribution in [0.3, 0.4) is 0 Å². The van der Waals surface area contributed by atoms with Crippen molar-refractivity contribution in [2.45, 2.75) is 32.9 Å². The number of anilines is 1. The van der Waals surface area contributed by atoms with Gasteiger partial charge < -0.3 is 15.0 Å². The van der Waals surface area contributed by atoms with Gasteiger partial charge in [-0.1, -0.05) is 13.8 Å². The maximum absolute atomic E-state index is 5.73. The van der Waals surface area contributed by atoms with Crippen LogP contribution >= 0.6 is 15.9 Å². The molecule has 0 amide bonds. The van der Waals surface area contributed by atoms with Crippen molar-refractivity contribution in [3.63, 3.8) is 0 Å². The summed E-state index contributed by atoms with van der Waals surface area (Å²) in [5, 5.41) is 3.38. The smallest absolute Gasteiger partial charge is 0.133 e. The minimum absolute atomic E-state index is 0.325. The summed E-state index contributed by atoms with van der Waals surface area (Å²) < 4.78 is 6.76. The number of nitrogens with one attached hydrogen (secondary N) is 1. The lowest BCUT2D eigenvalue weighted by atomic mass is 10.2. The number of hydrogen-bond donors (Lipinski definition) is 1. The Bertz CT molecular complexity index is 414. The average Bonchev–Trinajstić information content (AvgIpc) is 2.45. The molecule has 0 bridgehead atoms. The molecule has 1 aliphatic rings. The van der Waals surface area contributed by atoms with Crippen molar-refractivity contribution in [1.29, 1.82) is 0 Å². The normalized spacial score (nSPS) is 19.7. The van der Waals surface area contributed by atoms with Crippen LogP contribution in [0.15, 0.2) is 16.7 Å². The summed E-state index contributed by atoms with van der Waals surface area (Å²) >= 11 is 3.50. The number of halogens is 1. The number of morpholine rings is 1. The van der Waals surface area contributed by atoms with Crippen LogP contribution in [0.5, 0.6) is 0 Å². The van der Waals surface area contributed by atoms with Gasteiger partial charge in [-0.15, -0.1) is 0 Å². The van der Waals surface area contributed by atoms with Gasteiger partial charge in [0.2, 0.25) is 0 Å². The van der Waals surface area contributed by atoms with Gasteiger partial charge in [-0.3, -0.25) is 0 Å². The number of pyridine rings is 1. The highest BCUT2D eigenvalue weighted by Crippen LogP contribution is 2.24. The Kier molecular flexibility index (Phi) is 5.60. The van der Waals surface area contributed by atoms with Crippen LogP contribution in [0.4, 0.5) is 5.82 Å². The van der Waals surface area contributed by atoms with Crippen molar-refractivity contribution in [3.8, 4) is 0 Å². The minimum Gasteiger partial charge on any atom is -0.375 e. The number of ether oxygens (including phenoxy) is 1. The van der Waals surface area contributed by atoms with E-state index in [0.717, 1.165) is 49.5 Å². The molecule has 0 radical (unpaired) electrons. The molecule has 1 N–H and O–H groups in total. The maximum Gasteiger partial charge on any atom is 0.133 e. The second kappa shape index (κ2) is 7.22. The summed E-state index contributed by atoms with van der Waals surface area (Å²) in [6.07, 6.45) is 3.25. The zero-order valence-electron chi connectivity index (χ0n) is 11.7. The maximum atomic E-state index is 5.73. The van der Waals surface area contributed by atoms with Gasteiger partial charge >= 0.3 is 0 Å². The summed E-state index contributed by atoms with van der Waals surface area (Å²) in [6.45, 7) is 8.75.